The van der Waals surface area contributed by atoms with E-state index in [1.165, 1.54) is 11.3 Å². The molecular weight excluding hydrogens is 296 g/mol. The van der Waals surface area contributed by atoms with E-state index in [1.54, 1.807) is 6.07 Å². The van der Waals surface area contributed by atoms with Gasteiger partial charge in [-0.3, -0.25) is 9.48 Å². The highest BCUT2D eigenvalue weighted by molar-refractivity contribution is 7.16. The number of hydrogen-bond acceptors (Lipinski definition) is 3. The number of rotatable bonds is 2. The Kier molecular flexibility index (Phi) is 3.70. The lowest BCUT2D eigenvalue weighted by Crippen LogP contribution is -2.14. The van der Waals surface area contributed by atoms with Gasteiger partial charge in [-0.2, -0.15) is 10.1 Å². The first kappa shape index (κ1) is 14.7. The molecule has 0 aliphatic rings. The number of para-hydroxylation sites is 1. The Bertz CT molecular complexity index is 914. The summed E-state index contributed by atoms with van der Waals surface area (Å²) in [5.74, 6) is -0.301. The van der Waals surface area contributed by atoms with Gasteiger partial charge in [0.05, 0.1) is 10.2 Å². The molecule has 0 unspecified atom stereocenters. The summed E-state index contributed by atoms with van der Waals surface area (Å²) in [4.78, 5) is 17.3. The molecule has 1 aromatic carbocycles. The van der Waals surface area contributed by atoms with Crippen LogP contribution < -0.4 is 4.80 Å². The predicted molar refractivity (Wildman–Crippen MR) is 88.0 cm³/mol. The van der Waals surface area contributed by atoms with E-state index in [-0.39, 0.29) is 11.9 Å². The normalized spacial score (nSPS) is 12.5. The summed E-state index contributed by atoms with van der Waals surface area (Å²) >= 11 is 1.51. The summed E-state index contributed by atoms with van der Waals surface area (Å²) in [5.41, 5.74) is 2.43. The zero-order valence-corrected chi connectivity index (χ0v) is 13.9. The smallest absolute Gasteiger partial charge is 0.300 e. The molecule has 0 aliphatic carbocycles. The molecule has 6 heteroatoms. The molecule has 0 aliphatic heterocycles. The molecule has 0 radical (unpaired) electrons. The Morgan fingerprint density at radius 3 is 2.68 bits per heavy atom. The summed E-state index contributed by atoms with van der Waals surface area (Å²) in [6.07, 6.45) is 0. The number of thiazole rings is 1. The van der Waals surface area contributed by atoms with Gasteiger partial charge in [-0.1, -0.05) is 23.5 Å². The third kappa shape index (κ3) is 2.50. The Morgan fingerprint density at radius 2 is 2.05 bits per heavy atom. The fourth-order valence-electron chi connectivity index (χ4n) is 2.45. The second-order valence-electron chi connectivity index (χ2n) is 5.54. The Morgan fingerprint density at radius 1 is 1.32 bits per heavy atom. The van der Waals surface area contributed by atoms with Crippen molar-refractivity contribution in [3.05, 3.63) is 46.5 Å². The van der Waals surface area contributed by atoms with Crippen LogP contribution in [0.2, 0.25) is 0 Å². The molecule has 0 fully saturated rings. The van der Waals surface area contributed by atoms with Crippen molar-refractivity contribution < 1.29 is 4.79 Å². The topological polar surface area (TPSA) is 52.2 Å². The highest BCUT2D eigenvalue weighted by Gasteiger charge is 2.13. The van der Waals surface area contributed by atoms with Crippen molar-refractivity contribution in [1.82, 2.24) is 14.3 Å². The minimum Gasteiger partial charge on any atom is -0.319 e. The number of benzene rings is 1. The summed E-state index contributed by atoms with van der Waals surface area (Å²) < 4.78 is 4.89. The molecule has 22 heavy (non-hydrogen) atoms. The van der Waals surface area contributed by atoms with Crippen molar-refractivity contribution in [1.29, 1.82) is 0 Å². The molecule has 0 bridgehead atoms. The van der Waals surface area contributed by atoms with Crippen LogP contribution in [-0.2, 0) is 7.05 Å². The Labute approximate surface area is 132 Å². The van der Waals surface area contributed by atoms with Gasteiger partial charge in [0.15, 0.2) is 10.5 Å². The molecule has 1 amide bonds. The van der Waals surface area contributed by atoms with E-state index in [9.17, 15) is 4.79 Å². The maximum absolute atomic E-state index is 12.4. The van der Waals surface area contributed by atoms with E-state index in [4.69, 9.17) is 0 Å². The number of carbonyl (C=O) groups is 1. The third-order valence-electron chi connectivity index (χ3n) is 3.54. The van der Waals surface area contributed by atoms with Crippen LogP contribution in [-0.4, -0.2) is 20.3 Å². The number of nitrogens with zero attached hydrogens (tertiary/aromatic N) is 4. The highest BCUT2D eigenvalue weighted by atomic mass is 32.1. The second-order valence-corrected chi connectivity index (χ2v) is 6.55. The monoisotopic (exact) mass is 314 g/mol. The molecule has 0 saturated carbocycles. The molecule has 3 rings (SSSR count). The molecule has 114 valence electrons. The van der Waals surface area contributed by atoms with Crippen molar-refractivity contribution in [3.8, 4) is 0 Å². The van der Waals surface area contributed by atoms with Gasteiger partial charge in [0.25, 0.3) is 5.91 Å². The van der Waals surface area contributed by atoms with Crippen LogP contribution in [0.5, 0.6) is 0 Å². The van der Waals surface area contributed by atoms with Crippen LogP contribution in [0.15, 0.2) is 35.3 Å². The van der Waals surface area contributed by atoms with Crippen LogP contribution in [0.4, 0.5) is 0 Å². The molecule has 5 nitrogen and oxygen atoms in total. The summed E-state index contributed by atoms with van der Waals surface area (Å²) in [6.45, 7) is 6.03. The van der Waals surface area contributed by atoms with Gasteiger partial charge in [-0.25, -0.2) is 0 Å². The largest absolute Gasteiger partial charge is 0.319 e. The van der Waals surface area contributed by atoms with Crippen molar-refractivity contribution >= 4 is 27.5 Å². The molecular formula is C16H18N4OS. The lowest BCUT2D eigenvalue weighted by Gasteiger charge is -2.06. The Hall–Kier alpha value is -2.21. The van der Waals surface area contributed by atoms with E-state index in [0.717, 1.165) is 15.9 Å². The zero-order chi connectivity index (χ0) is 15.9. The number of aryl methyl sites for hydroxylation is 2. The van der Waals surface area contributed by atoms with E-state index < -0.39 is 0 Å². The van der Waals surface area contributed by atoms with Crippen LogP contribution >= 0.6 is 11.3 Å². The van der Waals surface area contributed by atoms with Crippen molar-refractivity contribution in [2.24, 2.45) is 12.0 Å². The van der Waals surface area contributed by atoms with E-state index >= 15 is 0 Å². The maximum atomic E-state index is 12.4. The molecule has 2 aromatic heterocycles. The fourth-order valence-corrected chi connectivity index (χ4v) is 3.46. The minimum absolute atomic E-state index is 0.224. The molecule has 3 aromatic rings. The van der Waals surface area contributed by atoms with Crippen molar-refractivity contribution in [2.45, 2.75) is 26.8 Å². The number of fused-ring (bicyclic) bond motifs is 1. The quantitative estimate of drug-likeness (QED) is 0.730. The fraction of sp³-hybridized carbons (Fsp3) is 0.312. The van der Waals surface area contributed by atoms with Crippen LogP contribution in [0, 0.1) is 6.92 Å². The average molecular weight is 314 g/mol. The number of carbonyl (C=O) groups excluding carboxylic acids is 1. The number of amides is 1. The minimum atomic E-state index is -0.301. The highest BCUT2D eigenvalue weighted by Crippen LogP contribution is 2.16. The van der Waals surface area contributed by atoms with Gasteiger partial charge in [0.1, 0.15) is 0 Å². The molecule has 0 N–H and O–H groups in total. The number of hydrogen-bond donors (Lipinski definition) is 0. The molecule has 0 saturated heterocycles. The summed E-state index contributed by atoms with van der Waals surface area (Å²) in [5, 5.41) is 4.36. The average Bonchev–Trinajstić information content (AvgIpc) is 3.01. The molecule has 2 heterocycles. The first-order chi connectivity index (χ1) is 10.5. The van der Waals surface area contributed by atoms with Crippen LogP contribution in [0.3, 0.4) is 0 Å². The third-order valence-corrected chi connectivity index (χ3v) is 4.66. The van der Waals surface area contributed by atoms with Gasteiger partial charge in [0.2, 0.25) is 0 Å². The lowest BCUT2D eigenvalue weighted by atomic mass is 10.3. The maximum Gasteiger partial charge on any atom is 0.300 e. The van der Waals surface area contributed by atoms with Gasteiger partial charge in [0, 0.05) is 18.8 Å². The summed E-state index contributed by atoms with van der Waals surface area (Å²) in [6, 6.07) is 10.0. The summed E-state index contributed by atoms with van der Waals surface area (Å²) in [7, 11) is 1.92. The van der Waals surface area contributed by atoms with Gasteiger partial charge in [-0.15, -0.1) is 0 Å². The van der Waals surface area contributed by atoms with E-state index in [1.807, 2.05) is 61.3 Å². The van der Waals surface area contributed by atoms with Gasteiger partial charge in [-0.05, 0) is 39.0 Å². The van der Waals surface area contributed by atoms with Gasteiger partial charge < -0.3 is 4.57 Å². The molecule has 0 spiro atoms. The van der Waals surface area contributed by atoms with E-state index in [2.05, 4.69) is 10.1 Å². The SMILES string of the molecule is Cc1cc(C(=O)N=c2sc3ccccc3n2C)nn1C(C)C. The van der Waals surface area contributed by atoms with Crippen LogP contribution in [0.25, 0.3) is 10.2 Å². The Balaban J connectivity index is 2.05. The zero-order valence-electron chi connectivity index (χ0n) is 13.1. The standard InChI is InChI=1S/C16H18N4OS/c1-10(2)20-11(3)9-12(18-20)15(21)17-16-19(4)13-7-5-6-8-14(13)22-16/h5-10H,1-4H3. The number of aromatic nitrogens is 3. The molecule has 0 atom stereocenters. The van der Waals surface area contributed by atoms with Crippen molar-refractivity contribution in [2.75, 3.05) is 0 Å². The van der Waals surface area contributed by atoms with Crippen molar-refractivity contribution in [3.63, 3.8) is 0 Å². The lowest BCUT2D eigenvalue weighted by molar-refractivity contribution is 0.0992. The first-order valence-corrected chi connectivity index (χ1v) is 7.99. The second kappa shape index (κ2) is 5.53. The first-order valence-electron chi connectivity index (χ1n) is 7.17. The van der Waals surface area contributed by atoms with Crippen LogP contribution in [0.1, 0.15) is 36.1 Å². The van der Waals surface area contributed by atoms with Gasteiger partial charge >= 0.3 is 0 Å². The van der Waals surface area contributed by atoms with E-state index in [0.29, 0.717) is 10.5 Å². The predicted octanol–water partition coefficient (Wildman–Crippen LogP) is 3.07.